The minimum absolute atomic E-state index is 0. The van der Waals surface area contributed by atoms with Crippen molar-refractivity contribution in [2.24, 2.45) is 5.34 Å². The van der Waals surface area contributed by atoms with E-state index in [2.05, 4.69) is 0 Å². The zero-order valence-electron chi connectivity index (χ0n) is 4.07. The van der Waals surface area contributed by atoms with Crippen molar-refractivity contribution in [3.05, 3.63) is 10.1 Å². The van der Waals surface area contributed by atoms with Gasteiger partial charge in [0.15, 0.2) is 0 Å². The Kier molecular flexibility index (Phi) is 31.1. The summed E-state index contributed by atoms with van der Waals surface area (Å²) in [5.41, 5.74) is 0. The molecule has 0 aliphatic carbocycles. The van der Waals surface area contributed by atoms with Crippen LogP contribution >= 0.6 is 0 Å². The van der Waals surface area contributed by atoms with Gasteiger partial charge in [-0.1, -0.05) is 0 Å². The molecule has 0 saturated heterocycles. The standard InChI is InChI=1S/CH2O3.HNO2.Na/c2-1(3)4;2-1-3;/h(H2,2,3,4);(H,2,3);/q;;+1/p-1. The fraction of sp³-hybridized carbons (Fsp3) is 0. The van der Waals surface area contributed by atoms with Gasteiger partial charge in [-0.15, -0.1) is 5.34 Å². The number of hydrogen-bond donors (Lipinski definition) is 2. The van der Waals surface area contributed by atoms with E-state index < -0.39 is 6.16 Å². The quantitative estimate of drug-likeness (QED) is 0.214. The molecular weight excluding hydrogens is 129 g/mol. The minimum atomic E-state index is -1.83. The summed E-state index contributed by atoms with van der Waals surface area (Å²) >= 11 is 0. The van der Waals surface area contributed by atoms with Gasteiger partial charge < -0.3 is 20.3 Å². The van der Waals surface area contributed by atoms with Gasteiger partial charge in [0.25, 0.3) is 0 Å². The Labute approximate surface area is 66.4 Å². The zero-order valence-corrected chi connectivity index (χ0v) is 6.07. The van der Waals surface area contributed by atoms with Crippen molar-refractivity contribution in [2.75, 3.05) is 0 Å². The second-order valence-electron chi connectivity index (χ2n) is 0.357. The van der Waals surface area contributed by atoms with Gasteiger partial charge in [-0.25, -0.2) is 4.79 Å². The van der Waals surface area contributed by atoms with Gasteiger partial charge in [-0.2, -0.15) is 0 Å². The Bertz CT molecular complexity index is 59.4. The van der Waals surface area contributed by atoms with Crippen LogP contribution in [0.2, 0.25) is 0 Å². The predicted molar refractivity (Wildman–Crippen MR) is 19.8 cm³/mol. The van der Waals surface area contributed by atoms with Crippen LogP contribution in [0.4, 0.5) is 4.79 Å². The second kappa shape index (κ2) is 15.9. The summed E-state index contributed by atoms with van der Waals surface area (Å²) in [5, 5.41) is 22.9. The van der Waals surface area contributed by atoms with E-state index in [1.165, 1.54) is 0 Å². The number of carboxylic acid groups (broad SMARTS) is 2. The number of hydrogen-bond acceptors (Lipinski definition) is 4. The maximum absolute atomic E-state index is 8.56. The molecule has 0 aromatic heterocycles. The smallest absolute Gasteiger partial charge is 0.450 e. The Hall–Kier alpha value is -0.330. The Balaban J connectivity index is -0.0000000575. The molecule has 7 heteroatoms. The normalized spacial score (nSPS) is 4.50. The van der Waals surface area contributed by atoms with Crippen molar-refractivity contribution < 1.29 is 44.6 Å². The molecule has 0 saturated carbocycles. The SMILES string of the molecule is O=C(O)O.O=N[O-].[Na+]. The largest absolute Gasteiger partial charge is 1.00 e. The molecule has 42 valence electrons. The van der Waals surface area contributed by atoms with E-state index >= 15 is 0 Å². The van der Waals surface area contributed by atoms with E-state index in [9.17, 15) is 0 Å². The first-order valence-corrected chi connectivity index (χ1v) is 1.02. The van der Waals surface area contributed by atoms with Crippen molar-refractivity contribution in [1.29, 1.82) is 0 Å². The van der Waals surface area contributed by atoms with Crippen LogP contribution in [-0.2, 0) is 0 Å². The fourth-order valence-electron chi connectivity index (χ4n) is 0. The van der Waals surface area contributed by atoms with E-state index in [1.807, 2.05) is 0 Å². The summed E-state index contributed by atoms with van der Waals surface area (Å²) in [6, 6.07) is 0. The van der Waals surface area contributed by atoms with Gasteiger partial charge in [0.1, 0.15) is 0 Å². The molecule has 0 aromatic rings. The van der Waals surface area contributed by atoms with Crippen LogP contribution < -0.4 is 29.6 Å². The third kappa shape index (κ3) is 1140. The molecule has 0 atom stereocenters. The van der Waals surface area contributed by atoms with E-state index in [-0.39, 0.29) is 29.6 Å². The second-order valence-corrected chi connectivity index (χ2v) is 0.357. The average molecular weight is 131 g/mol. The molecule has 0 aliphatic rings. The van der Waals surface area contributed by atoms with Crippen molar-refractivity contribution in [2.45, 2.75) is 0 Å². The van der Waals surface area contributed by atoms with Crippen LogP contribution in [-0.4, -0.2) is 16.4 Å². The molecule has 0 aliphatic heterocycles. The van der Waals surface area contributed by atoms with Gasteiger partial charge in [-0.3, -0.25) is 0 Å². The van der Waals surface area contributed by atoms with Crippen molar-refractivity contribution >= 4 is 6.16 Å². The molecule has 6 nitrogen and oxygen atoms in total. The minimum Gasteiger partial charge on any atom is -0.450 e. The molecular formula is CH2NNaO5. The first-order chi connectivity index (χ1) is 3.15. The van der Waals surface area contributed by atoms with Crippen LogP contribution in [0.5, 0.6) is 0 Å². The van der Waals surface area contributed by atoms with Gasteiger partial charge in [-0.05, 0) is 0 Å². The third-order valence-corrected chi connectivity index (χ3v) is 0. The van der Waals surface area contributed by atoms with Gasteiger partial charge in [0.05, 0.1) is 0 Å². The van der Waals surface area contributed by atoms with Crippen molar-refractivity contribution in [3.63, 3.8) is 0 Å². The summed E-state index contributed by atoms with van der Waals surface area (Å²) in [4.78, 5) is 16.6. The predicted octanol–water partition coefficient (Wildman–Crippen LogP) is -2.52. The number of nitrogens with zero attached hydrogens (tertiary/aromatic N) is 1. The molecule has 0 heterocycles. The molecule has 0 bridgehead atoms. The van der Waals surface area contributed by atoms with E-state index in [0.29, 0.717) is 0 Å². The number of rotatable bonds is 0. The Morgan fingerprint density at radius 2 is 1.50 bits per heavy atom. The molecule has 0 amide bonds. The molecule has 0 fully saturated rings. The third-order valence-electron chi connectivity index (χ3n) is 0. The molecule has 2 N–H and O–H groups in total. The van der Waals surface area contributed by atoms with Crippen LogP contribution in [0.3, 0.4) is 0 Å². The topological polar surface area (TPSA) is 110 Å². The van der Waals surface area contributed by atoms with Crippen molar-refractivity contribution in [1.82, 2.24) is 0 Å². The van der Waals surface area contributed by atoms with Gasteiger partial charge in [0.2, 0.25) is 0 Å². The van der Waals surface area contributed by atoms with Crippen LogP contribution in [0.15, 0.2) is 5.34 Å². The molecule has 0 spiro atoms. The van der Waals surface area contributed by atoms with Crippen LogP contribution in [0.1, 0.15) is 0 Å². The van der Waals surface area contributed by atoms with Crippen LogP contribution in [0, 0.1) is 10.1 Å². The summed E-state index contributed by atoms with van der Waals surface area (Å²) < 4.78 is 0. The molecule has 0 radical (unpaired) electrons. The average Bonchev–Trinajstić information content (AvgIpc) is 1.33. The Morgan fingerprint density at radius 3 is 1.50 bits per heavy atom. The zero-order chi connectivity index (χ0) is 6.28. The van der Waals surface area contributed by atoms with Crippen LogP contribution in [0.25, 0.3) is 0 Å². The summed E-state index contributed by atoms with van der Waals surface area (Å²) in [6.45, 7) is 0. The van der Waals surface area contributed by atoms with Gasteiger partial charge >= 0.3 is 35.7 Å². The van der Waals surface area contributed by atoms with Gasteiger partial charge in [0, 0.05) is 0 Å². The molecule has 8 heavy (non-hydrogen) atoms. The monoisotopic (exact) mass is 131 g/mol. The fourth-order valence-corrected chi connectivity index (χ4v) is 0. The molecule has 0 rings (SSSR count). The first kappa shape index (κ1) is 15.6. The Morgan fingerprint density at radius 1 is 1.50 bits per heavy atom. The maximum Gasteiger partial charge on any atom is 1.00 e. The van der Waals surface area contributed by atoms with E-state index in [4.69, 9.17) is 25.1 Å². The maximum atomic E-state index is 8.56. The summed E-state index contributed by atoms with van der Waals surface area (Å²) in [6.07, 6.45) is -1.83. The van der Waals surface area contributed by atoms with E-state index in [0.717, 1.165) is 5.34 Å². The van der Waals surface area contributed by atoms with Crippen molar-refractivity contribution in [3.8, 4) is 0 Å². The summed E-state index contributed by atoms with van der Waals surface area (Å²) in [7, 11) is 0. The molecule has 0 unspecified atom stereocenters. The van der Waals surface area contributed by atoms with E-state index in [1.54, 1.807) is 0 Å². The first-order valence-electron chi connectivity index (χ1n) is 1.02. The summed E-state index contributed by atoms with van der Waals surface area (Å²) in [5.74, 6) is 0. The molecule has 0 aromatic carbocycles. The number of carbonyl (C=O) groups is 1.